The number of methoxy groups -OCH3 is 2. The first-order valence-corrected chi connectivity index (χ1v) is 7.51. The maximum Gasteiger partial charge on any atom is 0.244 e. The molecule has 0 spiro atoms. The number of carbonyl (C=O) groups excluding carboxylic acids is 1. The number of rotatable bonds is 5. The lowest BCUT2D eigenvalue weighted by atomic mass is 10.1. The van der Waals surface area contributed by atoms with Crippen molar-refractivity contribution in [3.63, 3.8) is 0 Å². The molecule has 1 fully saturated rings. The van der Waals surface area contributed by atoms with Crippen LogP contribution in [0.1, 0.15) is 12.0 Å². The van der Waals surface area contributed by atoms with E-state index in [4.69, 9.17) is 9.47 Å². The van der Waals surface area contributed by atoms with Crippen LogP contribution < -0.4 is 14.9 Å². The fourth-order valence-corrected chi connectivity index (χ4v) is 2.87. The lowest BCUT2D eigenvalue weighted by molar-refractivity contribution is -0.120. The van der Waals surface area contributed by atoms with Crippen LogP contribution in [0.15, 0.2) is 23.3 Å². The molecular formula is C14H18N2O3S. The molecule has 108 valence electrons. The smallest absolute Gasteiger partial charge is 0.244 e. The Bertz CT molecular complexity index is 509. The highest BCUT2D eigenvalue weighted by molar-refractivity contribution is 8.00. The van der Waals surface area contributed by atoms with Crippen molar-refractivity contribution in [1.82, 2.24) is 5.43 Å². The first-order chi connectivity index (χ1) is 9.72. The summed E-state index contributed by atoms with van der Waals surface area (Å²) in [7, 11) is 3.16. The molecule has 0 aliphatic carbocycles. The van der Waals surface area contributed by atoms with Gasteiger partial charge in [-0.1, -0.05) is 6.07 Å². The van der Waals surface area contributed by atoms with Crippen molar-refractivity contribution >= 4 is 23.4 Å². The second-order valence-corrected chi connectivity index (χ2v) is 5.49. The van der Waals surface area contributed by atoms with Gasteiger partial charge in [0.2, 0.25) is 5.91 Å². The van der Waals surface area contributed by atoms with Crippen LogP contribution in [0, 0.1) is 0 Å². The minimum absolute atomic E-state index is 0.124. The Morgan fingerprint density at radius 2 is 2.15 bits per heavy atom. The zero-order valence-corrected chi connectivity index (χ0v) is 12.5. The minimum Gasteiger partial charge on any atom is -0.493 e. The van der Waals surface area contributed by atoms with E-state index < -0.39 is 0 Å². The fourth-order valence-electron chi connectivity index (χ4n) is 1.90. The van der Waals surface area contributed by atoms with Gasteiger partial charge in [0.05, 0.1) is 20.6 Å². The molecule has 0 aromatic heterocycles. The predicted molar refractivity (Wildman–Crippen MR) is 80.8 cm³/mol. The Labute approximate surface area is 122 Å². The summed E-state index contributed by atoms with van der Waals surface area (Å²) in [6.45, 7) is 0. The number of ether oxygens (including phenoxy) is 2. The number of hydrogen-bond acceptors (Lipinski definition) is 5. The van der Waals surface area contributed by atoms with Crippen molar-refractivity contribution in [1.29, 1.82) is 0 Å². The Morgan fingerprint density at radius 3 is 2.80 bits per heavy atom. The summed E-state index contributed by atoms with van der Waals surface area (Å²) in [4.78, 5) is 11.8. The van der Waals surface area contributed by atoms with E-state index in [1.165, 1.54) is 0 Å². The first kappa shape index (κ1) is 14.7. The van der Waals surface area contributed by atoms with Gasteiger partial charge in [0.1, 0.15) is 0 Å². The van der Waals surface area contributed by atoms with Gasteiger partial charge in [0.15, 0.2) is 11.5 Å². The van der Waals surface area contributed by atoms with Crippen molar-refractivity contribution in [3.8, 4) is 11.5 Å². The van der Waals surface area contributed by atoms with Crippen LogP contribution in [0.2, 0.25) is 0 Å². The standard InChI is InChI=1S/C14H18N2O3S/c1-18-12-4-3-10(7-13(12)19-2)8-14(17)16-15-11-5-6-20-9-11/h3-4,7H,5-6,8-9H2,1-2H3,(H,16,17). The SMILES string of the molecule is COc1ccc(CC(=O)NN=C2CCSC2)cc1OC. The summed E-state index contributed by atoms with van der Waals surface area (Å²) in [6, 6.07) is 5.44. The third-order valence-corrected chi connectivity index (χ3v) is 3.99. The first-order valence-electron chi connectivity index (χ1n) is 6.36. The molecule has 5 nitrogen and oxygen atoms in total. The van der Waals surface area contributed by atoms with E-state index in [0.29, 0.717) is 11.5 Å². The van der Waals surface area contributed by atoms with Crippen LogP contribution >= 0.6 is 11.8 Å². The van der Waals surface area contributed by atoms with Crippen LogP contribution in [-0.4, -0.2) is 37.3 Å². The van der Waals surface area contributed by atoms with Crippen LogP contribution in [0.25, 0.3) is 0 Å². The van der Waals surface area contributed by atoms with Gasteiger partial charge < -0.3 is 9.47 Å². The summed E-state index contributed by atoms with van der Waals surface area (Å²) in [5, 5.41) is 4.14. The second kappa shape index (κ2) is 7.19. The summed E-state index contributed by atoms with van der Waals surface area (Å²) < 4.78 is 10.4. The van der Waals surface area contributed by atoms with Crippen LogP contribution in [0.4, 0.5) is 0 Å². The summed E-state index contributed by atoms with van der Waals surface area (Å²) in [6.07, 6.45) is 1.23. The van der Waals surface area contributed by atoms with E-state index in [1.54, 1.807) is 26.4 Å². The number of thioether (sulfide) groups is 1. The molecule has 2 rings (SSSR count). The molecule has 0 radical (unpaired) electrons. The average Bonchev–Trinajstić information content (AvgIpc) is 2.98. The Balaban J connectivity index is 1.95. The highest BCUT2D eigenvalue weighted by atomic mass is 32.2. The minimum atomic E-state index is -0.124. The number of nitrogens with one attached hydrogen (secondary N) is 1. The van der Waals surface area contributed by atoms with Crippen molar-refractivity contribution in [2.45, 2.75) is 12.8 Å². The largest absolute Gasteiger partial charge is 0.493 e. The lowest BCUT2D eigenvalue weighted by Crippen LogP contribution is -2.21. The number of hydrazone groups is 1. The molecule has 0 unspecified atom stereocenters. The van der Waals surface area contributed by atoms with Crippen molar-refractivity contribution in [2.75, 3.05) is 25.7 Å². The highest BCUT2D eigenvalue weighted by Gasteiger charge is 2.10. The Hall–Kier alpha value is -1.69. The maximum absolute atomic E-state index is 11.8. The van der Waals surface area contributed by atoms with Gasteiger partial charge in [-0.2, -0.15) is 16.9 Å². The predicted octanol–water partition coefficient (Wildman–Crippen LogP) is 1.86. The molecule has 1 aliphatic rings. The van der Waals surface area contributed by atoms with Gasteiger partial charge in [0, 0.05) is 11.5 Å². The number of nitrogens with zero attached hydrogens (tertiary/aromatic N) is 1. The van der Waals surface area contributed by atoms with Crippen molar-refractivity contribution < 1.29 is 14.3 Å². The van der Waals surface area contributed by atoms with Gasteiger partial charge in [-0.25, -0.2) is 5.43 Å². The third kappa shape index (κ3) is 3.90. The normalized spacial score (nSPS) is 16.2. The van der Waals surface area contributed by atoms with Gasteiger partial charge in [0.25, 0.3) is 0 Å². The van der Waals surface area contributed by atoms with Crippen LogP contribution in [0.3, 0.4) is 0 Å². The molecule has 20 heavy (non-hydrogen) atoms. The van der Waals surface area contributed by atoms with E-state index >= 15 is 0 Å². The lowest BCUT2D eigenvalue weighted by Gasteiger charge is -2.09. The van der Waals surface area contributed by atoms with Gasteiger partial charge in [-0.3, -0.25) is 4.79 Å². The molecule has 1 aromatic carbocycles. The molecule has 1 heterocycles. The van der Waals surface area contributed by atoms with E-state index in [1.807, 2.05) is 17.8 Å². The number of benzene rings is 1. The van der Waals surface area contributed by atoms with Gasteiger partial charge in [-0.15, -0.1) is 0 Å². The van der Waals surface area contributed by atoms with E-state index in [2.05, 4.69) is 10.5 Å². The molecule has 0 bridgehead atoms. The topological polar surface area (TPSA) is 59.9 Å². The molecule has 0 atom stereocenters. The molecule has 1 amide bonds. The molecule has 1 aromatic rings. The molecule has 1 aliphatic heterocycles. The zero-order chi connectivity index (χ0) is 14.4. The van der Waals surface area contributed by atoms with E-state index in [0.717, 1.165) is 29.2 Å². The number of carbonyl (C=O) groups is 1. The zero-order valence-electron chi connectivity index (χ0n) is 11.6. The van der Waals surface area contributed by atoms with Gasteiger partial charge in [-0.05, 0) is 29.9 Å². The summed E-state index contributed by atoms with van der Waals surface area (Å²) in [5.41, 5.74) is 4.52. The molecule has 0 saturated carbocycles. The fraction of sp³-hybridized carbons (Fsp3) is 0.429. The molecule has 6 heteroatoms. The second-order valence-electron chi connectivity index (χ2n) is 4.38. The molecular weight excluding hydrogens is 276 g/mol. The maximum atomic E-state index is 11.8. The van der Waals surface area contributed by atoms with Gasteiger partial charge >= 0.3 is 0 Å². The third-order valence-electron chi connectivity index (χ3n) is 2.96. The van der Waals surface area contributed by atoms with Crippen LogP contribution in [0.5, 0.6) is 11.5 Å². The number of amides is 1. The molecule has 1 saturated heterocycles. The van der Waals surface area contributed by atoms with Crippen molar-refractivity contribution in [2.24, 2.45) is 5.10 Å². The average molecular weight is 294 g/mol. The van der Waals surface area contributed by atoms with E-state index in [9.17, 15) is 4.79 Å². The Morgan fingerprint density at radius 1 is 1.35 bits per heavy atom. The molecule has 1 N–H and O–H groups in total. The monoisotopic (exact) mass is 294 g/mol. The van der Waals surface area contributed by atoms with Crippen LogP contribution in [-0.2, 0) is 11.2 Å². The van der Waals surface area contributed by atoms with Crippen molar-refractivity contribution in [3.05, 3.63) is 23.8 Å². The summed E-state index contributed by atoms with van der Waals surface area (Å²) in [5.74, 6) is 3.15. The Kier molecular flexibility index (Phi) is 5.29. The summed E-state index contributed by atoms with van der Waals surface area (Å²) >= 11 is 1.83. The highest BCUT2D eigenvalue weighted by Crippen LogP contribution is 2.27. The number of hydrogen-bond donors (Lipinski definition) is 1. The van der Waals surface area contributed by atoms with E-state index in [-0.39, 0.29) is 12.3 Å². The quantitative estimate of drug-likeness (QED) is 0.842.